The zero-order valence-corrected chi connectivity index (χ0v) is 17.2. The number of para-hydroxylation sites is 2. The molecule has 0 fully saturated rings. The van der Waals surface area contributed by atoms with Crippen LogP contribution in [0.5, 0.6) is 5.75 Å². The van der Waals surface area contributed by atoms with Crippen LogP contribution in [0.4, 0.5) is 5.69 Å². The van der Waals surface area contributed by atoms with Crippen LogP contribution < -0.4 is 10.4 Å². The van der Waals surface area contributed by atoms with E-state index in [-0.39, 0.29) is 10.9 Å². The van der Waals surface area contributed by atoms with E-state index in [9.17, 15) is 4.79 Å². The topological polar surface area (TPSA) is 51.8 Å². The Morgan fingerprint density at radius 3 is 2.63 bits per heavy atom. The summed E-state index contributed by atoms with van der Waals surface area (Å²) in [6.45, 7) is 0. The first-order valence-electron chi connectivity index (χ1n) is 9.72. The Hall–Kier alpha value is -3.31. The monoisotopic (exact) mass is 413 g/mol. The van der Waals surface area contributed by atoms with Crippen LogP contribution in [0, 0.1) is 0 Å². The molecule has 30 heavy (non-hydrogen) atoms. The quantitative estimate of drug-likeness (QED) is 0.378. The van der Waals surface area contributed by atoms with E-state index in [1.165, 1.54) is 11.6 Å². The number of rotatable bonds is 3. The molecule has 0 radical (unpaired) electrons. The van der Waals surface area contributed by atoms with E-state index in [0.29, 0.717) is 12.0 Å². The normalized spacial score (nSPS) is 15.9. The Labute approximate surface area is 178 Å². The Morgan fingerprint density at radius 2 is 1.80 bits per heavy atom. The molecule has 3 aromatic carbocycles. The van der Waals surface area contributed by atoms with Crippen LogP contribution in [-0.4, -0.2) is 12.8 Å². The number of hydrogen-bond donors (Lipinski definition) is 0. The molecule has 2 heterocycles. The lowest BCUT2D eigenvalue weighted by Crippen LogP contribution is -2.07. The molecule has 5 heteroatoms. The predicted octanol–water partition coefficient (Wildman–Crippen LogP) is 6.16. The van der Waals surface area contributed by atoms with Gasteiger partial charge in [-0.3, -0.25) is 4.99 Å². The molecule has 0 N–H and O–H groups in total. The minimum Gasteiger partial charge on any atom is -0.497 e. The molecular weight excluding hydrogens is 394 g/mol. The average molecular weight is 413 g/mol. The van der Waals surface area contributed by atoms with Crippen LogP contribution in [0.1, 0.15) is 22.8 Å². The predicted molar refractivity (Wildman–Crippen MR) is 121 cm³/mol. The lowest BCUT2D eigenvalue weighted by atomic mass is 9.99. The van der Waals surface area contributed by atoms with Gasteiger partial charge >= 0.3 is 5.63 Å². The first kappa shape index (κ1) is 18.7. The van der Waals surface area contributed by atoms with Gasteiger partial charge in [0.15, 0.2) is 0 Å². The van der Waals surface area contributed by atoms with Gasteiger partial charge in [0, 0.05) is 33.6 Å². The SMILES string of the molecule is COc1ccc(C2CC(c3cccc4ccc(=O)oc34)=Nc3ccccc3S2)cc1. The Morgan fingerprint density at radius 1 is 0.967 bits per heavy atom. The van der Waals surface area contributed by atoms with Crippen LogP contribution in [0.25, 0.3) is 11.0 Å². The molecule has 4 nitrogen and oxygen atoms in total. The average Bonchev–Trinajstić information content (AvgIpc) is 2.98. The van der Waals surface area contributed by atoms with E-state index in [4.69, 9.17) is 14.1 Å². The minimum atomic E-state index is -0.356. The van der Waals surface area contributed by atoms with Crippen molar-refractivity contribution in [1.82, 2.24) is 0 Å². The van der Waals surface area contributed by atoms with Gasteiger partial charge in [0.05, 0.1) is 18.5 Å². The van der Waals surface area contributed by atoms with Crippen molar-refractivity contribution in [2.24, 2.45) is 4.99 Å². The Kier molecular flexibility index (Phi) is 4.89. The first-order valence-corrected chi connectivity index (χ1v) is 10.6. The third kappa shape index (κ3) is 3.53. The molecular formula is C25H19NO3S. The number of fused-ring (bicyclic) bond motifs is 2. The van der Waals surface area contributed by atoms with Crippen molar-refractivity contribution < 1.29 is 9.15 Å². The van der Waals surface area contributed by atoms with Crippen molar-refractivity contribution in [3.8, 4) is 5.75 Å². The lowest BCUT2D eigenvalue weighted by molar-refractivity contribution is 0.414. The number of aliphatic imine (C=N–C) groups is 1. The van der Waals surface area contributed by atoms with Gasteiger partial charge in [0.2, 0.25) is 0 Å². The highest BCUT2D eigenvalue weighted by Crippen LogP contribution is 2.46. The van der Waals surface area contributed by atoms with E-state index < -0.39 is 0 Å². The maximum atomic E-state index is 11.9. The van der Waals surface area contributed by atoms with Gasteiger partial charge in [-0.15, -0.1) is 11.8 Å². The molecule has 0 spiro atoms. The number of benzene rings is 3. The van der Waals surface area contributed by atoms with Gasteiger partial charge in [0.1, 0.15) is 11.3 Å². The summed E-state index contributed by atoms with van der Waals surface area (Å²) in [5.74, 6) is 0.836. The van der Waals surface area contributed by atoms with Crippen LogP contribution in [0.15, 0.2) is 98.0 Å². The molecule has 0 aliphatic carbocycles. The molecule has 148 valence electrons. The molecule has 0 bridgehead atoms. The number of thioether (sulfide) groups is 1. The summed E-state index contributed by atoms with van der Waals surface area (Å²) >= 11 is 1.80. The van der Waals surface area contributed by atoms with Crippen LogP contribution in [0.3, 0.4) is 0 Å². The van der Waals surface area contributed by atoms with Crippen molar-refractivity contribution in [2.75, 3.05) is 7.11 Å². The Bertz CT molecular complexity index is 1310. The molecule has 1 aliphatic rings. The summed E-state index contributed by atoms with van der Waals surface area (Å²) in [5.41, 5.74) is 4.14. The molecule has 0 saturated heterocycles. The third-order valence-electron chi connectivity index (χ3n) is 5.21. The molecule has 1 unspecified atom stereocenters. The van der Waals surface area contributed by atoms with E-state index in [1.807, 2.05) is 48.5 Å². The number of ether oxygens (including phenoxy) is 1. The zero-order chi connectivity index (χ0) is 20.5. The molecule has 0 amide bonds. The zero-order valence-electron chi connectivity index (χ0n) is 16.4. The number of hydrogen-bond acceptors (Lipinski definition) is 5. The molecule has 5 rings (SSSR count). The van der Waals surface area contributed by atoms with E-state index in [1.54, 1.807) is 24.9 Å². The van der Waals surface area contributed by atoms with Crippen LogP contribution in [-0.2, 0) is 0 Å². The van der Waals surface area contributed by atoms with E-state index >= 15 is 0 Å². The van der Waals surface area contributed by atoms with Gasteiger partial charge in [-0.2, -0.15) is 0 Å². The fourth-order valence-electron chi connectivity index (χ4n) is 3.71. The van der Waals surface area contributed by atoms with Crippen molar-refractivity contribution in [2.45, 2.75) is 16.6 Å². The highest BCUT2D eigenvalue weighted by Gasteiger charge is 2.24. The fourth-order valence-corrected chi connectivity index (χ4v) is 4.94. The van der Waals surface area contributed by atoms with Crippen LogP contribution >= 0.6 is 11.8 Å². The summed E-state index contributed by atoms with van der Waals surface area (Å²) in [7, 11) is 1.67. The standard InChI is InChI=1S/C25H19NO3S/c1-28-18-12-9-16(10-13-18)23-15-21(26-20-7-2-3-8-22(20)30-23)19-6-4-5-17-11-14-24(27)29-25(17)19/h2-14,23H,15H2,1H3. The van der Waals surface area contributed by atoms with Gasteiger partial charge in [-0.1, -0.05) is 36.4 Å². The summed E-state index contributed by atoms with van der Waals surface area (Å²) in [6.07, 6.45) is 0.712. The highest BCUT2D eigenvalue weighted by atomic mass is 32.2. The van der Waals surface area contributed by atoms with Gasteiger partial charge in [-0.25, -0.2) is 4.79 Å². The molecule has 1 aliphatic heterocycles. The van der Waals surface area contributed by atoms with Crippen LogP contribution in [0.2, 0.25) is 0 Å². The van der Waals surface area contributed by atoms with E-state index in [0.717, 1.165) is 33.0 Å². The maximum absolute atomic E-state index is 11.9. The fraction of sp³-hybridized carbons (Fsp3) is 0.120. The Balaban J connectivity index is 1.66. The van der Waals surface area contributed by atoms with Crippen molar-refractivity contribution in [3.05, 3.63) is 100 Å². The maximum Gasteiger partial charge on any atom is 0.336 e. The van der Waals surface area contributed by atoms with Crippen molar-refractivity contribution in [3.63, 3.8) is 0 Å². The first-order chi connectivity index (χ1) is 14.7. The third-order valence-corrected chi connectivity index (χ3v) is 6.54. The number of methoxy groups -OCH3 is 1. The van der Waals surface area contributed by atoms with Gasteiger partial charge < -0.3 is 9.15 Å². The smallest absolute Gasteiger partial charge is 0.336 e. The molecule has 0 saturated carbocycles. The summed E-state index contributed by atoms with van der Waals surface area (Å²) < 4.78 is 10.9. The highest BCUT2D eigenvalue weighted by molar-refractivity contribution is 7.99. The molecule has 1 aromatic heterocycles. The van der Waals surface area contributed by atoms with E-state index in [2.05, 4.69) is 18.2 Å². The summed E-state index contributed by atoms with van der Waals surface area (Å²) in [4.78, 5) is 18.1. The minimum absolute atomic E-state index is 0.170. The number of nitrogens with zero attached hydrogens (tertiary/aromatic N) is 1. The molecule has 4 aromatic rings. The van der Waals surface area contributed by atoms with Crippen molar-refractivity contribution in [1.29, 1.82) is 0 Å². The van der Waals surface area contributed by atoms with Gasteiger partial charge in [0.25, 0.3) is 0 Å². The second kappa shape index (κ2) is 7.84. The second-order valence-electron chi connectivity index (χ2n) is 7.09. The summed E-state index contributed by atoms with van der Waals surface area (Å²) in [5, 5.41) is 1.06. The molecule has 1 atom stereocenters. The summed E-state index contributed by atoms with van der Waals surface area (Å²) in [6, 6.07) is 25.5. The van der Waals surface area contributed by atoms with Gasteiger partial charge in [-0.05, 0) is 42.0 Å². The lowest BCUT2D eigenvalue weighted by Gasteiger charge is -2.17. The van der Waals surface area contributed by atoms with Crippen molar-refractivity contribution >= 4 is 34.1 Å². The largest absolute Gasteiger partial charge is 0.497 e. The second-order valence-corrected chi connectivity index (χ2v) is 8.33.